The van der Waals surface area contributed by atoms with Crippen molar-refractivity contribution in [1.82, 2.24) is 0 Å². The Hall–Kier alpha value is -1.61. The van der Waals surface area contributed by atoms with Crippen LogP contribution in [-0.4, -0.2) is 18.4 Å². The Balaban J connectivity index is 2.15. The van der Waals surface area contributed by atoms with Crippen molar-refractivity contribution in [3.63, 3.8) is 0 Å². The van der Waals surface area contributed by atoms with Crippen LogP contribution in [0.25, 0.3) is 5.57 Å². The van der Waals surface area contributed by atoms with Crippen molar-refractivity contribution in [3.8, 4) is 0 Å². The van der Waals surface area contributed by atoms with Crippen molar-refractivity contribution in [2.45, 2.75) is 26.2 Å². The Morgan fingerprint density at radius 2 is 1.90 bits per heavy atom. The molecular formula is C17H19ClO3. The predicted molar refractivity (Wildman–Crippen MR) is 83.0 cm³/mol. The number of hydrogen-bond donors (Lipinski definition) is 0. The highest BCUT2D eigenvalue weighted by molar-refractivity contribution is 6.30. The van der Waals surface area contributed by atoms with E-state index in [0.29, 0.717) is 18.1 Å². The number of Topliss-reactive ketones (excluding diaryl/α,β-unsaturated/α-hetero) is 1. The average Bonchev–Trinajstić information content (AvgIpc) is 2.48. The number of benzene rings is 1. The summed E-state index contributed by atoms with van der Waals surface area (Å²) in [6.45, 7) is 6.09. The van der Waals surface area contributed by atoms with E-state index in [4.69, 9.17) is 16.3 Å². The Kier molecular flexibility index (Phi) is 5.18. The number of ketones is 1. The lowest BCUT2D eigenvalue weighted by Gasteiger charge is -2.28. The maximum absolute atomic E-state index is 12.5. The summed E-state index contributed by atoms with van der Waals surface area (Å²) in [5, 5.41) is 0.644. The first-order valence-corrected chi connectivity index (χ1v) is 7.57. The third-order valence-electron chi connectivity index (χ3n) is 3.88. The Morgan fingerprint density at radius 3 is 2.52 bits per heavy atom. The van der Waals surface area contributed by atoms with Gasteiger partial charge in [0.15, 0.2) is 5.78 Å². The van der Waals surface area contributed by atoms with E-state index in [1.165, 1.54) is 0 Å². The largest absolute Gasteiger partial charge is 0.465 e. The van der Waals surface area contributed by atoms with Crippen LogP contribution in [0.2, 0.25) is 5.02 Å². The number of rotatable bonds is 4. The number of hydrogen-bond acceptors (Lipinski definition) is 3. The molecule has 0 aromatic heterocycles. The van der Waals surface area contributed by atoms with E-state index in [-0.39, 0.29) is 11.7 Å². The van der Waals surface area contributed by atoms with Crippen LogP contribution in [0.5, 0.6) is 0 Å². The normalized spacial score (nSPS) is 21.9. The molecule has 2 rings (SSSR count). The Morgan fingerprint density at radius 1 is 1.29 bits per heavy atom. The molecule has 0 saturated heterocycles. The summed E-state index contributed by atoms with van der Waals surface area (Å²) < 4.78 is 4.99. The van der Waals surface area contributed by atoms with E-state index in [9.17, 15) is 9.59 Å². The van der Waals surface area contributed by atoms with Gasteiger partial charge in [-0.05, 0) is 43.0 Å². The third-order valence-corrected chi connectivity index (χ3v) is 4.13. The Bertz CT molecular complexity index is 548. The predicted octanol–water partition coefficient (Wildman–Crippen LogP) is 3.90. The standard InChI is InChI=1S/C17H19ClO3/c1-3-21-17(20)15-6-4-5-14(16(15)19)11(2)12-7-9-13(18)10-8-12/h7-10,14-15H,2-6H2,1H3. The second-order valence-electron chi connectivity index (χ2n) is 5.22. The zero-order valence-electron chi connectivity index (χ0n) is 12.1. The van der Waals surface area contributed by atoms with E-state index < -0.39 is 11.9 Å². The molecule has 1 fully saturated rings. The van der Waals surface area contributed by atoms with Gasteiger partial charge in [-0.25, -0.2) is 0 Å². The molecule has 1 aliphatic carbocycles. The van der Waals surface area contributed by atoms with Crippen molar-refractivity contribution in [3.05, 3.63) is 41.4 Å². The molecule has 0 amide bonds. The van der Waals surface area contributed by atoms with Crippen molar-refractivity contribution in [1.29, 1.82) is 0 Å². The number of carbonyl (C=O) groups excluding carboxylic acids is 2. The van der Waals surface area contributed by atoms with E-state index in [2.05, 4.69) is 6.58 Å². The van der Waals surface area contributed by atoms with Crippen molar-refractivity contribution < 1.29 is 14.3 Å². The molecule has 112 valence electrons. The number of ether oxygens (including phenoxy) is 1. The number of halogens is 1. The molecule has 0 N–H and O–H groups in total. The molecule has 0 aliphatic heterocycles. The summed E-state index contributed by atoms with van der Waals surface area (Å²) in [6, 6.07) is 7.26. The minimum absolute atomic E-state index is 0.0698. The third kappa shape index (κ3) is 3.53. The van der Waals surface area contributed by atoms with Crippen LogP contribution in [-0.2, 0) is 14.3 Å². The average molecular weight is 307 g/mol. The topological polar surface area (TPSA) is 43.4 Å². The van der Waals surface area contributed by atoms with Crippen LogP contribution in [0.15, 0.2) is 30.8 Å². The summed E-state index contributed by atoms with van der Waals surface area (Å²) in [4.78, 5) is 24.4. The van der Waals surface area contributed by atoms with Gasteiger partial charge in [0.1, 0.15) is 5.92 Å². The zero-order chi connectivity index (χ0) is 15.4. The summed E-state index contributed by atoms with van der Waals surface area (Å²) in [6.07, 6.45) is 2.13. The van der Waals surface area contributed by atoms with E-state index >= 15 is 0 Å². The molecule has 1 saturated carbocycles. The molecule has 2 atom stereocenters. The van der Waals surface area contributed by atoms with Gasteiger partial charge in [0.25, 0.3) is 0 Å². The van der Waals surface area contributed by atoms with Gasteiger partial charge in [-0.15, -0.1) is 0 Å². The molecule has 0 spiro atoms. The number of allylic oxidation sites excluding steroid dienone is 1. The number of esters is 1. The lowest BCUT2D eigenvalue weighted by atomic mass is 9.75. The molecule has 21 heavy (non-hydrogen) atoms. The minimum atomic E-state index is -0.646. The van der Waals surface area contributed by atoms with Crippen LogP contribution < -0.4 is 0 Å². The van der Waals surface area contributed by atoms with E-state index in [1.807, 2.05) is 12.1 Å². The first-order chi connectivity index (χ1) is 10.0. The van der Waals surface area contributed by atoms with E-state index in [1.54, 1.807) is 19.1 Å². The van der Waals surface area contributed by atoms with Crippen LogP contribution in [0.3, 0.4) is 0 Å². The zero-order valence-corrected chi connectivity index (χ0v) is 12.9. The molecule has 0 bridgehead atoms. The SMILES string of the molecule is C=C(c1ccc(Cl)cc1)C1CCCC(C(=O)OCC)C1=O. The smallest absolute Gasteiger partial charge is 0.316 e. The maximum atomic E-state index is 12.5. The summed E-state index contributed by atoms with van der Waals surface area (Å²) in [5.74, 6) is -1.43. The molecule has 3 nitrogen and oxygen atoms in total. The fraction of sp³-hybridized carbons (Fsp3) is 0.412. The lowest BCUT2D eigenvalue weighted by molar-refractivity contribution is -0.153. The van der Waals surface area contributed by atoms with Gasteiger partial charge in [-0.2, -0.15) is 0 Å². The van der Waals surface area contributed by atoms with E-state index in [0.717, 1.165) is 24.0 Å². The molecule has 0 radical (unpaired) electrons. The minimum Gasteiger partial charge on any atom is -0.465 e. The first-order valence-electron chi connectivity index (χ1n) is 7.19. The van der Waals surface area contributed by atoms with Gasteiger partial charge >= 0.3 is 5.97 Å². The second-order valence-corrected chi connectivity index (χ2v) is 5.66. The van der Waals surface area contributed by atoms with Gasteiger partial charge in [-0.1, -0.05) is 36.7 Å². The van der Waals surface area contributed by atoms with Crippen LogP contribution in [0, 0.1) is 11.8 Å². The summed E-state index contributed by atoms with van der Waals surface area (Å²) >= 11 is 5.87. The monoisotopic (exact) mass is 306 g/mol. The molecule has 1 aromatic carbocycles. The van der Waals surface area contributed by atoms with Crippen LogP contribution in [0.4, 0.5) is 0 Å². The fourth-order valence-electron chi connectivity index (χ4n) is 2.74. The molecule has 1 aliphatic rings. The number of carbonyl (C=O) groups is 2. The molecular weight excluding hydrogens is 288 g/mol. The lowest BCUT2D eigenvalue weighted by Crippen LogP contribution is -2.35. The highest BCUT2D eigenvalue weighted by Gasteiger charge is 2.38. The molecule has 0 heterocycles. The fourth-order valence-corrected chi connectivity index (χ4v) is 2.87. The van der Waals surface area contributed by atoms with Gasteiger partial charge in [0.2, 0.25) is 0 Å². The highest BCUT2D eigenvalue weighted by Crippen LogP contribution is 2.35. The highest BCUT2D eigenvalue weighted by atomic mass is 35.5. The molecule has 2 unspecified atom stereocenters. The van der Waals surface area contributed by atoms with Gasteiger partial charge in [-0.3, -0.25) is 9.59 Å². The summed E-state index contributed by atoms with van der Waals surface area (Å²) in [5.41, 5.74) is 1.65. The van der Waals surface area contributed by atoms with Crippen LogP contribution in [0.1, 0.15) is 31.7 Å². The van der Waals surface area contributed by atoms with Crippen molar-refractivity contribution >= 4 is 28.9 Å². The van der Waals surface area contributed by atoms with Crippen molar-refractivity contribution in [2.75, 3.05) is 6.61 Å². The second kappa shape index (κ2) is 6.90. The van der Waals surface area contributed by atoms with Crippen LogP contribution >= 0.6 is 11.6 Å². The van der Waals surface area contributed by atoms with Gasteiger partial charge in [0, 0.05) is 10.9 Å². The van der Waals surface area contributed by atoms with Gasteiger partial charge in [0.05, 0.1) is 6.61 Å². The molecule has 1 aromatic rings. The molecule has 4 heteroatoms. The quantitative estimate of drug-likeness (QED) is 0.626. The maximum Gasteiger partial charge on any atom is 0.316 e. The van der Waals surface area contributed by atoms with Gasteiger partial charge < -0.3 is 4.74 Å². The van der Waals surface area contributed by atoms with Crippen molar-refractivity contribution in [2.24, 2.45) is 11.8 Å². The Labute approximate surface area is 129 Å². The first kappa shape index (κ1) is 15.8. The summed E-state index contributed by atoms with van der Waals surface area (Å²) in [7, 11) is 0.